The van der Waals surface area contributed by atoms with Crippen molar-refractivity contribution in [3.8, 4) is 5.75 Å². The van der Waals surface area contributed by atoms with Crippen LogP contribution in [0.1, 0.15) is 46.4 Å². The Balaban J connectivity index is 1.79. The van der Waals surface area contributed by atoms with Crippen LogP contribution in [0.25, 0.3) is 0 Å². The van der Waals surface area contributed by atoms with Gasteiger partial charge in [-0.2, -0.15) is 0 Å². The van der Waals surface area contributed by atoms with Crippen LogP contribution in [-0.4, -0.2) is 27.7 Å². The third-order valence-electron chi connectivity index (χ3n) is 5.62. The maximum atomic E-state index is 14.1. The Morgan fingerprint density at radius 3 is 2.32 bits per heavy atom. The first-order valence-corrected chi connectivity index (χ1v) is 12.8. The van der Waals surface area contributed by atoms with E-state index in [9.17, 15) is 17.6 Å². The Morgan fingerprint density at radius 2 is 1.76 bits per heavy atom. The van der Waals surface area contributed by atoms with E-state index in [2.05, 4.69) is 5.32 Å². The van der Waals surface area contributed by atoms with Crippen LogP contribution in [0.15, 0.2) is 66.7 Å². The topological polar surface area (TPSA) is 75.7 Å². The van der Waals surface area contributed by atoms with Gasteiger partial charge in [0.2, 0.25) is 10.0 Å². The van der Waals surface area contributed by atoms with Gasteiger partial charge in [-0.05, 0) is 60.9 Å². The average molecular weight is 485 g/mol. The van der Waals surface area contributed by atoms with Gasteiger partial charge in [0.05, 0.1) is 31.6 Å². The molecule has 0 aliphatic rings. The highest BCUT2D eigenvalue weighted by molar-refractivity contribution is 7.92. The molecule has 0 aliphatic heterocycles. The van der Waals surface area contributed by atoms with Crippen LogP contribution in [-0.2, 0) is 16.6 Å². The van der Waals surface area contributed by atoms with Gasteiger partial charge < -0.3 is 10.1 Å². The highest BCUT2D eigenvalue weighted by Gasteiger charge is 2.21. The number of benzene rings is 3. The fourth-order valence-electron chi connectivity index (χ4n) is 3.74. The molecule has 6 nitrogen and oxygen atoms in total. The van der Waals surface area contributed by atoms with Crippen molar-refractivity contribution in [3.63, 3.8) is 0 Å². The van der Waals surface area contributed by atoms with Crippen LogP contribution in [0.5, 0.6) is 5.75 Å². The van der Waals surface area contributed by atoms with E-state index < -0.39 is 15.8 Å². The second kappa shape index (κ2) is 10.7. The number of ether oxygens (including phenoxy) is 1. The molecular formula is C26H29FN2O4S. The number of hydrogen-bond acceptors (Lipinski definition) is 4. The number of nitrogens with zero attached hydrogens (tertiary/aromatic N) is 1. The number of halogens is 1. The number of carbonyl (C=O) groups excluding carboxylic acids is 1. The highest BCUT2D eigenvalue weighted by Crippen LogP contribution is 2.26. The second-order valence-corrected chi connectivity index (χ2v) is 9.98. The van der Waals surface area contributed by atoms with Crippen molar-refractivity contribution in [1.29, 1.82) is 0 Å². The number of amides is 1. The van der Waals surface area contributed by atoms with Crippen LogP contribution in [0, 0.1) is 12.7 Å². The Kier molecular flexibility index (Phi) is 7.94. The molecule has 0 heterocycles. The first kappa shape index (κ1) is 25.2. The highest BCUT2D eigenvalue weighted by atomic mass is 32.2. The Bertz CT molecular complexity index is 1260. The fraction of sp³-hybridized carbons (Fsp3) is 0.269. The van der Waals surface area contributed by atoms with Crippen molar-refractivity contribution >= 4 is 21.6 Å². The number of carbonyl (C=O) groups is 1. The number of sulfonamides is 1. The maximum absolute atomic E-state index is 14.1. The van der Waals surface area contributed by atoms with Crippen LogP contribution in [0.4, 0.5) is 10.1 Å². The lowest BCUT2D eigenvalue weighted by molar-refractivity contribution is 0.0935. The summed E-state index contributed by atoms with van der Waals surface area (Å²) in [6, 6.07) is 17.9. The van der Waals surface area contributed by atoms with Crippen molar-refractivity contribution < 1.29 is 22.3 Å². The summed E-state index contributed by atoms with van der Waals surface area (Å²) in [6.45, 7) is 3.79. The minimum atomic E-state index is -3.68. The summed E-state index contributed by atoms with van der Waals surface area (Å²) in [5.74, 6) is 0.0322. The van der Waals surface area contributed by atoms with E-state index in [1.165, 1.54) is 6.07 Å². The number of rotatable bonds is 9. The van der Waals surface area contributed by atoms with Gasteiger partial charge in [-0.3, -0.25) is 9.10 Å². The molecule has 0 saturated heterocycles. The quantitative estimate of drug-likeness (QED) is 0.464. The summed E-state index contributed by atoms with van der Waals surface area (Å²) in [6.07, 6.45) is 1.76. The summed E-state index contributed by atoms with van der Waals surface area (Å²) >= 11 is 0. The molecule has 3 rings (SSSR count). The summed E-state index contributed by atoms with van der Waals surface area (Å²) < 4.78 is 45.3. The minimum Gasteiger partial charge on any atom is -0.496 e. The maximum Gasteiger partial charge on any atom is 0.251 e. The zero-order valence-electron chi connectivity index (χ0n) is 19.7. The third kappa shape index (κ3) is 5.94. The Morgan fingerprint density at radius 1 is 1.09 bits per heavy atom. The molecular weight excluding hydrogens is 455 g/mol. The Hall–Kier alpha value is -3.39. The van der Waals surface area contributed by atoms with Crippen LogP contribution in [0.2, 0.25) is 0 Å². The van der Waals surface area contributed by atoms with Crippen molar-refractivity contribution in [1.82, 2.24) is 5.32 Å². The van der Waals surface area contributed by atoms with E-state index in [-0.39, 0.29) is 24.1 Å². The molecule has 34 heavy (non-hydrogen) atoms. The number of aryl methyl sites for hydroxylation is 1. The third-order valence-corrected chi connectivity index (χ3v) is 6.77. The largest absolute Gasteiger partial charge is 0.496 e. The van der Waals surface area contributed by atoms with E-state index in [1.807, 2.05) is 32.0 Å². The number of anilines is 1. The van der Waals surface area contributed by atoms with E-state index in [0.717, 1.165) is 27.4 Å². The van der Waals surface area contributed by atoms with Gasteiger partial charge in [0, 0.05) is 11.1 Å². The monoisotopic (exact) mass is 484 g/mol. The molecule has 0 unspecified atom stereocenters. The lowest BCUT2D eigenvalue weighted by Gasteiger charge is -2.23. The van der Waals surface area contributed by atoms with Gasteiger partial charge in [0.1, 0.15) is 11.6 Å². The second-order valence-electron chi connectivity index (χ2n) is 8.07. The smallest absolute Gasteiger partial charge is 0.251 e. The number of nitrogens with one attached hydrogen (secondary N) is 1. The van der Waals surface area contributed by atoms with Gasteiger partial charge in [-0.15, -0.1) is 0 Å². The average Bonchev–Trinajstić information content (AvgIpc) is 2.81. The van der Waals surface area contributed by atoms with E-state index in [4.69, 9.17) is 4.74 Å². The molecule has 3 aromatic rings. The van der Waals surface area contributed by atoms with Crippen molar-refractivity contribution in [2.24, 2.45) is 0 Å². The molecule has 3 aromatic carbocycles. The molecule has 0 spiro atoms. The molecule has 0 fully saturated rings. The van der Waals surface area contributed by atoms with Gasteiger partial charge in [0.25, 0.3) is 5.91 Å². The predicted octanol–water partition coefficient (Wildman–Crippen LogP) is 4.99. The van der Waals surface area contributed by atoms with E-state index in [1.54, 1.807) is 49.6 Å². The Labute approximate surface area is 200 Å². The summed E-state index contributed by atoms with van der Waals surface area (Å²) in [5.41, 5.74) is 2.95. The van der Waals surface area contributed by atoms with Gasteiger partial charge >= 0.3 is 0 Å². The molecule has 180 valence electrons. The molecule has 0 aromatic heterocycles. The SMILES string of the molecule is CC[C@@H](NC(=O)c1ccc(N(Cc2ccccc2F)S(C)(=O)=O)cc1)c1ccc(OC)c(C)c1. The molecule has 0 radical (unpaired) electrons. The number of hydrogen-bond donors (Lipinski definition) is 1. The summed E-state index contributed by atoms with van der Waals surface area (Å²) in [7, 11) is -2.06. The fourth-order valence-corrected chi connectivity index (χ4v) is 4.62. The van der Waals surface area contributed by atoms with E-state index >= 15 is 0 Å². The molecule has 0 saturated carbocycles. The molecule has 8 heteroatoms. The zero-order valence-corrected chi connectivity index (χ0v) is 20.5. The van der Waals surface area contributed by atoms with Gasteiger partial charge in [0.15, 0.2) is 0 Å². The first-order chi connectivity index (χ1) is 16.1. The van der Waals surface area contributed by atoms with Crippen molar-refractivity contribution in [2.75, 3.05) is 17.7 Å². The number of methoxy groups -OCH3 is 1. The lowest BCUT2D eigenvalue weighted by Crippen LogP contribution is -2.30. The molecule has 0 bridgehead atoms. The first-order valence-electron chi connectivity index (χ1n) is 10.9. The van der Waals surface area contributed by atoms with E-state index in [0.29, 0.717) is 17.7 Å². The molecule has 1 atom stereocenters. The van der Waals surface area contributed by atoms with Crippen molar-refractivity contribution in [2.45, 2.75) is 32.9 Å². The molecule has 1 amide bonds. The van der Waals surface area contributed by atoms with Crippen LogP contribution >= 0.6 is 0 Å². The van der Waals surface area contributed by atoms with Crippen LogP contribution < -0.4 is 14.4 Å². The molecule has 0 aliphatic carbocycles. The molecule has 1 N–H and O–H groups in total. The van der Waals surface area contributed by atoms with Gasteiger partial charge in [-0.1, -0.05) is 37.3 Å². The van der Waals surface area contributed by atoms with Crippen molar-refractivity contribution in [3.05, 3.63) is 94.8 Å². The standard InChI is InChI=1S/C26H29FN2O4S/c1-5-24(20-12-15-25(33-3)18(2)16-20)28-26(30)19-10-13-22(14-11-19)29(34(4,31)32)17-21-8-6-7-9-23(21)27/h6-16,24H,5,17H2,1-4H3,(H,28,30)/t24-/m1/s1. The lowest BCUT2D eigenvalue weighted by atomic mass is 10.0. The summed E-state index contributed by atoms with van der Waals surface area (Å²) in [4.78, 5) is 12.9. The predicted molar refractivity (Wildman–Crippen MR) is 132 cm³/mol. The zero-order chi connectivity index (χ0) is 24.9. The van der Waals surface area contributed by atoms with Crippen LogP contribution in [0.3, 0.4) is 0 Å². The summed E-state index contributed by atoms with van der Waals surface area (Å²) in [5, 5.41) is 3.03. The normalized spacial score (nSPS) is 12.1. The van der Waals surface area contributed by atoms with Gasteiger partial charge in [-0.25, -0.2) is 12.8 Å². The minimum absolute atomic E-state index is 0.147.